The van der Waals surface area contributed by atoms with Crippen LogP contribution in [0.25, 0.3) is 10.9 Å². The van der Waals surface area contributed by atoms with Crippen LogP contribution < -0.4 is 10.6 Å². The number of amides is 1. The second-order valence-corrected chi connectivity index (χ2v) is 7.62. The van der Waals surface area contributed by atoms with E-state index in [1.807, 2.05) is 42.6 Å². The van der Waals surface area contributed by atoms with E-state index in [0.717, 1.165) is 22.5 Å². The summed E-state index contributed by atoms with van der Waals surface area (Å²) in [5.41, 5.74) is 3.88. The van der Waals surface area contributed by atoms with Gasteiger partial charge >= 0.3 is 0 Å². The third kappa shape index (κ3) is 3.13. The molecule has 2 fully saturated rings. The maximum absolute atomic E-state index is 12.6. The van der Waals surface area contributed by atoms with Crippen molar-refractivity contribution in [2.45, 2.75) is 31.2 Å². The second-order valence-electron chi connectivity index (χ2n) is 7.62. The zero-order valence-electron chi connectivity index (χ0n) is 14.7. The summed E-state index contributed by atoms with van der Waals surface area (Å²) in [5.74, 6) is 1.46. The zero-order valence-corrected chi connectivity index (χ0v) is 14.7. The van der Waals surface area contributed by atoms with Crippen LogP contribution in [-0.4, -0.2) is 23.5 Å². The average molecular weight is 345 g/mol. The molecule has 4 heteroatoms. The monoisotopic (exact) mass is 345 g/mol. The van der Waals surface area contributed by atoms with Crippen LogP contribution in [0, 0.1) is 5.92 Å². The first-order valence-corrected chi connectivity index (χ1v) is 9.49. The highest BCUT2D eigenvalue weighted by Crippen LogP contribution is 2.41. The topological polar surface area (TPSA) is 56.9 Å². The lowest BCUT2D eigenvalue weighted by molar-refractivity contribution is 0.102. The van der Waals surface area contributed by atoms with Crippen LogP contribution in [0.2, 0.25) is 0 Å². The third-order valence-corrected chi connectivity index (χ3v) is 5.59. The van der Waals surface area contributed by atoms with E-state index in [1.165, 1.54) is 31.4 Å². The van der Waals surface area contributed by atoms with Crippen molar-refractivity contribution in [2.24, 2.45) is 5.92 Å². The number of aromatic nitrogens is 1. The number of anilines is 1. The smallest absolute Gasteiger partial charge is 0.255 e. The van der Waals surface area contributed by atoms with E-state index < -0.39 is 0 Å². The lowest BCUT2D eigenvalue weighted by Crippen LogP contribution is -2.20. The van der Waals surface area contributed by atoms with Gasteiger partial charge in [-0.3, -0.25) is 4.79 Å². The first-order valence-electron chi connectivity index (χ1n) is 9.49. The highest BCUT2D eigenvalue weighted by Gasteiger charge is 2.38. The largest absolute Gasteiger partial charge is 0.359 e. The molecule has 1 aromatic heterocycles. The molecular formula is C22H23N3O. The number of carbonyl (C=O) groups is 1. The van der Waals surface area contributed by atoms with Crippen molar-refractivity contribution in [3.05, 3.63) is 65.9 Å². The molecule has 2 aliphatic carbocycles. The van der Waals surface area contributed by atoms with Gasteiger partial charge in [-0.25, -0.2) is 0 Å². The van der Waals surface area contributed by atoms with Crippen molar-refractivity contribution in [3.63, 3.8) is 0 Å². The summed E-state index contributed by atoms with van der Waals surface area (Å²) in [4.78, 5) is 15.7. The summed E-state index contributed by atoms with van der Waals surface area (Å²) in [6.45, 7) is 1.17. The van der Waals surface area contributed by atoms with Crippen LogP contribution in [-0.2, 0) is 0 Å². The second kappa shape index (κ2) is 6.29. The summed E-state index contributed by atoms with van der Waals surface area (Å²) in [5, 5.41) is 7.71. The van der Waals surface area contributed by atoms with Gasteiger partial charge in [0.05, 0.1) is 5.69 Å². The summed E-state index contributed by atoms with van der Waals surface area (Å²) >= 11 is 0. The van der Waals surface area contributed by atoms with E-state index in [1.54, 1.807) is 0 Å². The number of para-hydroxylation sites is 1. The van der Waals surface area contributed by atoms with Gasteiger partial charge < -0.3 is 15.6 Å². The van der Waals surface area contributed by atoms with Crippen LogP contribution in [0.3, 0.4) is 0 Å². The van der Waals surface area contributed by atoms with Gasteiger partial charge in [-0.1, -0.05) is 30.3 Å². The fourth-order valence-electron chi connectivity index (χ4n) is 3.68. The van der Waals surface area contributed by atoms with Gasteiger partial charge in [-0.15, -0.1) is 0 Å². The molecule has 3 aromatic rings. The maximum atomic E-state index is 12.6. The number of hydrogen-bond acceptors (Lipinski definition) is 2. The maximum Gasteiger partial charge on any atom is 0.255 e. The summed E-state index contributed by atoms with van der Waals surface area (Å²) in [6.07, 6.45) is 5.85. The van der Waals surface area contributed by atoms with E-state index in [4.69, 9.17) is 0 Å². The molecule has 0 spiro atoms. The third-order valence-electron chi connectivity index (χ3n) is 5.59. The number of H-pyrrole nitrogens is 1. The number of carbonyl (C=O) groups excluding carboxylic acids is 1. The van der Waals surface area contributed by atoms with Gasteiger partial charge in [0.15, 0.2) is 0 Å². The van der Waals surface area contributed by atoms with Gasteiger partial charge in [0.25, 0.3) is 5.91 Å². The van der Waals surface area contributed by atoms with E-state index in [-0.39, 0.29) is 5.91 Å². The standard InChI is InChI=1S/C22H23N3O/c26-22(25-21-13-24-19-4-2-1-3-17(19)21)16-9-7-15(8-10-16)18-11-20(18)23-12-14-5-6-14/h1-4,7-10,13-14,18,20,23-24H,5-6,11-12H2,(H,25,26). The van der Waals surface area contributed by atoms with Crippen LogP contribution in [0.1, 0.15) is 41.1 Å². The Balaban J connectivity index is 1.23. The molecule has 1 heterocycles. The molecular weight excluding hydrogens is 322 g/mol. The highest BCUT2D eigenvalue weighted by atomic mass is 16.1. The molecule has 2 aromatic carbocycles. The molecule has 0 bridgehead atoms. The minimum Gasteiger partial charge on any atom is -0.359 e. The van der Waals surface area contributed by atoms with E-state index in [9.17, 15) is 4.79 Å². The Morgan fingerprint density at radius 3 is 2.69 bits per heavy atom. The predicted octanol–water partition coefficient (Wildman–Crippen LogP) is 4.28. The van der Waals surface area contributed by atoms with Crippen molar-refractivity contribution in [3.8, 4) is 0 Å². The average Bonchev–Trinajstić information content (AvgIpc) is 3.59. The summed E-state index contributed by atoms with van der Waals surface area (Å²) < 4.78 is 0. The van der Waals surface area contributed by atoms with Crippen LogP contribution in [0.4, 0.5) is 5.69 Å². The molecule has 2 atom stereocenters. The molecule has 26 heavy (non-hydrogen) atoms. The fraction of sp³-hybridized carbons (Fsp3) is 0.318. The van der Waals surface area contributed by atoms with E-state index >= 15 is 0 Å². The zero-order chi connectivity index (χ0) is 17.5. The lowest BCUT2D eigenvalue weighted by atomic mass is 10.1. The van der Waals surface area contributed by atoms with Crippen molar-refractivity contribution >= 4 is 22.5 Å². The Hall–Kier alpha value is -2.59. The van der Waals surface area contributed by atoms with Crippen LogP contribution >= 0.6 is 0 Å². The molecule has 0 aliphatic heterocycles. The van der Waals surface area contributed by atoms with Gasteiger partial charge in [0, 0.05) is 34.6 Å². The molecule has 3 N–H and O–H groups in total. The Morgan fingerprint density at radius 1 is 1.08 bits per heavy atom. The summed E-state index contributed by atoms with van der Waals surface area (Å²) in [6, 6.07) is 16.7. The summed E-state index contributed by atoms with van der Waals surface area (Å²) in [7, 11) is 0. The number of aromatic amines is 1. The first-order chi connectivity index (χ1) is 12.8. The quantitative estimate of drug-likeness (QED) is 0.625. The fourth-order valence-corrected chi connectivity index (χ4v) is 3.68. The molecule has 2 saturated carbocycles. The molecule has 1 amide bonds. The minimum atomic E-state index is -0.0690. The Kier molecular flexibility index (Phi) is 3.79. The van der Waals surface area contributed by atoms with Crippen molar-refractivity contribution < 1.29 is 4.79 Å². The van der Waals surface area contributed by atoms with Crippen molar-refractivity contribution in [1.82, 2.24) is 10.3 Å². The number of rotatable bonds is 6. The normalized spacial score (nSPS) is 21.7. The van der Waals surface area contributed by atoms with Gasteiger partial charge in [0.1, 0.15) is 0 Å². The van der Waals surface area contributed by atoms with Gasteiger partial charge in [-0.05, 0) is 55.5 Å². The molecule has 0 radical (unpaired) electrons. The van der Waals surface area contributed by atoms with Crippen molar-refractivity contribution in [1.29, 1.82) is 0 Å². The van der Waals surface area contributed by atoms with E-state index in [0.29, 0.717) is 17.5 Å². The molecule has 0 saturated heterocycles. The van der Waals surface area contributed by atoms with Gasteiger partial charge in [0.2, 0.25) is 0 Å². The highest BCUT2D eigenvalue weighted by molar-refractivity contribution is 6.08. The SMILES string of the molecule is O=C(Nc1c[nH]c2ccccc12)c1ccc(C2CC2NCC2CC2)cc1. The molecule has 2 unspecified atom stereocenters. The Labute approximate surface area is 153 Å². The van der Waals surface area contributed by atoms with Crippen molar-refractivity contribution in [2.75, 3.05) is 11.9 Å². The minimum absolute atomic E-state index is 0.0690. The van der Waals surface area contributed by atoms with Gasteiger partial charge in [-0.2, -0.15) is 0 Å². The molecule has 132 valence electrons. The first kappa shape index (κ1) is 15.6. The van der Waals surface area contributed by atoms with E-state index in [2.05, 4.69) is 27.8 Å². The Bertz CT molecular complexity index is 939. The Morgan fingerprint density at radius 2 is 1.88 bits per heavy atom. The predicted molar refractivity (Wildman–Crippen MR) is 105 cm³/mol. The molecule has 5 rings (SSSR count). The number of fused-ring (bicyclic) bond motifs is 1. The molecule has 4 nitrogen and oxygen atoms in total. The number of hydrogen-bond donors (Lipinski definition) is 3. The number of nitrogens with one attached hydrogen (secondary N) is 3. The molecule has 2 aliphatic rings. The number of benzene rings is 2. The van der Waals surface area contributed by atoms with Crippen LogP contribution in [0.15, 0.2) is 54.7 Å². The van der Waals surface area contributed by atoms with Crippen LogP contribution in [0.5, 0.6) is 0 Å². The lowest BCUT2D eigenvalue weighted by Gasteiger charge is -2.06.